The number of fused-ring (bicyclic) bond motifs is 2. The maximum atomic E-state index is 14.9. The van der Waals surface area contributed by atoms with E-state index in [-0.39, 0.29) is 23.5 Å². The van der Waals surface area contributed by atoms with E-state index in [1.807, 2.05) is 19.1 Å². The molecular formula is C23H18ClFN6O2. The predicted octanol–water partition coefficient (Wildman–Crippen LogP) is 3.60. The number of hydrogen-bond donors (Lipinski definition) is 0. The Bertz CT molecular complexity index is 1400. The Balaban J connectivity index is 1.39. The highest BCUT2D eigenvalue weighted by atomic mass is 35.5. The van der Waals surface area contributed by atoms with E-state index in [0.29, 0.717) is 27.9 Å². The highest BCUT2D eigenvalue weighted by Gasteiger charge is 2.71. The average molecular weight is 465 g/mol. The van der Waals surface area contributed by atoms with Gasteiger partial charge >= 0.3 is 0 Å². The lowest BCUT2D eigenvalue weighted by atomic mass is 9.95. The van der Waals surface area contributed by atoms with Crippen molar-refractivity contribution in [1.29, 1.82) is 0 Å². The summed E-state index contributed by atoms with van der Waals surface area (Å²) in [5, 5.41) is 8.73. The van der Waals surface area contributed by atoms with Crippen LogP contribution in [0.15, 0.2) is 59.7 Å². The monoisotopic (exact) mass is 464 g/mol. The summed E-state index contributed by atoms with van der Waals surface area (Å²) in [6, 6.07) is 4.12. The van der Waals surface area contributed by atoms with Crippen LogP contribution in [0.4, 0.5) is 4.39 Å². The molecule has 10 heteroatoms. The van der Waals surface area contributed by atoms with Crippen LogP contribution in [0.3, 0.4) is 0 Å². The molecular weight excluding hydrogens is 447 g/mol. The summed E-state index contributed by atoms with van der Waals surface area (Å²) in [4.78, 5) is 24.0. The SMILES string of the molecule is COC1=CC23C(=O)N([C@H](C)c4nnc5c(F)cc(-c6ccc(Cl)cn6)cn45)C=CC2C3N=C1. The lowest BCUT2D eigenvalue weighted by Crippen LogP contribution is -2.39. The van der Waals surface area contributed by atoms with Crippen molar-refractivity contribution in [3.8, 4) is 11.3 Å². The Morgan fingerprint density at radius 2 is 2.15 bits per heavy atom. The molecule has 1 fully saturated rings. The van der Waals surface area contributed by atoms with Crippen molar-refractivity contribution in [3.05, 3.63) is 71.4 Å². The quantitative estimate of drug-likeness (QED) is 0.589. The molecule has 0 bridgehead atoms. The van der Waals surface area contributed by atoms with Crippen molar-refractivity contribution >= 4 is 29.4 Å². The van der Waals surface area contributed by atoms with Gasteiger partial charge in [-0.3, -0.25) is 19.2 Å². The summed E-state index contributed by atoms with van der Waals surface area (Å²) in [6.07, 6.45) is 10.5. The number of allylic oxidation sites excluding steroid dienone is 1. The summed E-state index contributed by atoms with van der Waals surface area (Å²) in [5.41, 5.74) is 0.432. The minimum Gasteiger partial charge on any atom is -0.495 e. The Hall–Kier alpha value is -3.59. The summed E-state index contributed by atoms with van der Waals surface area (Å²) < 4.78 is 21.8. The van der Waals surface area contributed by atoms with Gasteiger partial charge in [-0.25, -0.2) is 4.39 Å². The van der Waals surface area contributed by atoms with E-state index in [9.17, 15) is 9.18 Å². The molecule has 6 rings (SSSR count). The summed E-state index contributed by atoms with van der Waals surface area (Å²) >= 11 is 5.93. The molecule has 2 aliphatic heterocycles. The minimum atomic E-state index is -0.743. The largest absolute Gasteiger partial charge is 0.495 e. The molecule has 0 N–H and O–H groups in total. The van der Waals surface area contributed by atoms with Gasteiger partial charge in [0.05, 0.1) is 36.1 Å². The fourth-order valence-corrected chi connectivity index (χ4v) is 4.91. The molecule has 1 amide bonds. The van der Waals surface area contributed by atoms with E-state index in [1.165, 1.54) is 12.3 Å². The molecule has 1 aliphatic carbocycles. The molecule has 0 aromatic carbocycles. The number of aliphatic imine (C=N–C) groups is 1. The summed E-state index contributed by atoms with van der Waals surface area (Å²) in [5.74, 6) is 0.380. The van der Waals surface area contributed by atoms with E-state index in [2.05, 4.69) is 20.2 Å². The van der Waals surface area contributed by atoms with Crippen LogP contribution >= 0.6 is 11.6 Å². The first-order chi connectivity index (χ1) is 15.9. The van der Waals surface area contributed by atoms with Crippen molar-refractivity contribution in [2.45, 2.75) is 19.0 Å². The third-order valence-corrected chi connectivity index (χ3v) is 6.83. The van der Waals surface area contributed by atoms with E-state index in [0.717, 1.165) is 0 Å². The van der Waals surface area contributed by atoms with Crippen LogP contribution in [0.25, 0.3) is 16.9 Å². The van der Waals surface area contributed by atoms with Crippen molar-refractivity contribution < 1.29 is 13.9 Å². The number of aromatic nitrogens is 4. The zero-order valence-electron chi connectivity index (χ0n) is 17.7. The second kappa shape index (κ2) is 6.95. The minimum absolute atomic E-state index is 0.00696. The maximum Gasteiger partial charge on any atom is 0.240 e. The van der Waals surface area contributed by atoms with Gasteiger partial charge in [0.15, 0.2) is 17.3 Å². The lowest BCUT2D eigenvalue weighted by molar-refractivity contribution is -0.135. The molecule has 0 saturated heterocycles. The molecule has 3 unspecified atom stereocenters. The molecule has 4 atom stereocenters. The van der Waals surface area contributed by atoms with Gasteiger partial charge in [0, 0.05) is 30.1 Å². The lowest BCUT2D eigenvalue weighted by Gasteiger charge is -2.31. The van der Waals surface area contributed by atoms with Gasteiger partial charge in [-0.05, 0) is 31.2 Å². The van der Waals surface area contributed by atoms with Crippen molar-refractivity contribution in [2.24, 2.45) is 16.3 Å². The number of nitrogens with zero attached hydrogens (tertiary/aromatic N) is 6. The number of methoxy groups -OCH3 is 1. The molecule has 1 saturated carbocycles. The van der Waals surface area contributed by atoms with E-state index in [1.54, 1.807) is 47.2 Å². The zero-order valence-corrected chi connectivity index (χ0v) is 18.4. The van der Waals surface area contributed by atoms with Gasteiger partial charge in [-0.15, -0.1) is 10.2 Å². The Morgan fingerprint density at radius 1 is 1.30 bits per heavy atom. The number of pyridine rings is 2. The summed E-state index contributed by atoms with van der Waals surface area (Å²) in [7, 11) is 1.56. The number of hydrogen-bond acceptors (Lipinski definition) is 6. The topological polar surface area (TPSA) is 85.0 Å². The third kappa shape index (κ3) is 2.78. The first-order valence-electron chi connectivity index (χ1n) is 10.4. The molecule has 3 aromatic rings. The van der Waals surface area contributed by atoms with Crippen LogP contribution in [-0.2, 0) is 9.53 Å². The van der Waals surface area contributed by atoms with Crippen LogP contribution < -0.4 is 0 Å². The van der Waals surface area contributed by atoms with Crippen LogP contribution in [0.2, 0.25) is 5.02 Å². The van der Waals surface area contributed by atoms with Gasteiger partial charge in [0.25, 0.3) is 0 Å². The normalized spacial score (nSPS) is 26.1. The van der Waals surface area contributed by atoms with E-state index in [4.69, 9.17) is 16.3 Å². The molecule has 33 heavy (non-hydrogen) atoms. The van der Waals surface area contributed by atoms with Gasteiger partial charge in [0.2, 0.25) is 5.91 Å². The van der Waals surface area contributed by atoms with Gasteiger partial charge < -0.3 is 9.64 Å². The molecule has 1 spiro atoms. The highest BCUT2D eigenvalue weighted by molar-refractivity contribution is 6.30. The zero-order chi connectivity index (χ0) is 22.9. The van der Waals surface area contributed by atoms with Gasteiger partial charge in [-0.1, -0.05) is 17.7 Å². The number of rotatable bonds is 4. The number of halogens is 2. The van der Waals surface area contributed by atoms with E-state index >= 15 is 0 Å². The fourth-order valence-electron chi connectivity index (χ4n) is 4.80. The van der Waals surface area contributed by atoms with E-state index < -0.39 is 17.3 Å². The first-order valence-corrected chi connectivity index (χ1v) is 10.8. The third-order valence-electron chi connectivity index (χ3n) is 6.61. The molecule has 8 nitrogen and oxygen atoms in total. The standard InChI is InChI=1S/C23H18ClFN6O2/c1-12(30-6-5-16-19-23(16,22(30)32)8-15(33-2)10-27-19)20-28-29-21-17(25)7-13(11-31(20)21)18-4-3-14(24)9-26-18/h3-12,16,19H,1-2H3/t12-,16?,19?,23?/m1/s1. The van der Waals surface area contributed by atoms with Gasteiger partial charge in [-0.2, -0.15) is 0 Å². The molecule has 166 valence electrons. The molecule has 3 aromatic heterocycles. The van der Waals surface area contributed by atoms with Crippen LogP contribution in [0, 0.1) is 17.2 Å². The number of carbonyl (C=O) groups is 1. The summed E-state index contributed by atoms with van der Waals surface area (Å²) in [6.45, 7) is 1.84. The molecule has 3 aliphatic rings. The number of carbonyl (C=O) groups excluding carboxylic acids is 1. The highest BCUT2D eigenvalue weighted by Crippen LogP contribution is 2.62. The van der Waals surface area contributed by atoms with Crippen molar-refractivity contribution in [1.82, 2.24) is 24.5 Å². The molecule has 0 radical (unpaired) electrons. The first kappa shape index (κ1) is 20.0. The Morgan fingerprint density at radius 3 is 2.91 bits per heavy atom. The van der Waals surface area contributed by atoms with Crippen molar-refractivity contribution in [2.75, 3.05) is 7.11 Å². The smallest absolute Gasteiger partial charge is 0.240 e. The molecule has 5 heterocycles. The second-order valence-corrected chi connectivity index (χ2v) is 8.79. The Kier molecular flexibility index (Phi) is 4.22. The number of ether oxygens (including phenoxy) is 1. The Labute approximate surface area is 193 Å². The van der Waals surface area contributed by atoms with Gasteiger partial charge in [0.1, 0.15) is 11.2 Å². The fraction of sp³-hybridized carbons (Fsp3) is 0.261. The average Bonchev–Trinajstić information content (AvgIpc) is 3.29. The predicted molar refractivity (Wildman–Crippen MR) is 119 cm³/mol. The second-order valence-electron chi connectivity index (χ2n) is 8.35. The van der Waals surface area contributed by atoms with Crippen LogP contribution in [0.5, 0.6) is 0 Å². The maximum absolute atomic E-state index is 14.9. The number of amides is 1. The van der Waals surface area contributed by atoms with Crippen LogP contribution in [-0.4, -0.2) is 49.8 Å². The van der Waals surface area contributed by atoms with Crippen molar-refractivity contribution in [3.63, 3.8) is 0 Å². The van der Waals surface area contributed by atoms with Crippen LogP contribution in [0.1, 0.15) is 18.8 Å². The number of dihydropyridines is 1.